The maximum absolute atomic E-state index is 12.1. The van der Waals surface area contributed by atoms with E-state index in [4.69, 9.17) is 5.26 Å². The summed E-state index contributed by atoms with van der Waals surface area (Å²) in [7, 11) is -3.50. The summed E-state index contributed by atoms with van der Waals surface area (Å²) in [6.45, 7) is 0.844. The molecule has 3 aromatic rings. The summed E-state index contributed by atoms with van der Waals surface area (Å²) in [5, 5.41) is 10.7. The van der Waals surface area contributed by atoms with Gasteiger partial charge in [-0.25, -0.2) is 17.7 Å². The minimum Gasteiger partial charge on any atom is -0.346 e. The molecule has 0 aliphatic carbocycles. The highest BCUT2D eigenvalue weighted by Gasteiger charge is 2.33. The SMILES string of the molecule is N#CCS(=O)(=O)N1CC[C@@H](c2ccnc3cnc4[nH]ccc4c23)C1. The van der Waals surface area contributed by atoms with E-state index in [0.717, 1.165) is 33.9 Å². The Morgan fingerprint density at radius 3 is 3.08 bits per heavy atom. The number of nitriles is 1. The van der Waals surface area contributed by atoms with E-state index in [1.165, 1.54) is 4.31 Å². The Kier molecular flexibility index (Phi) is 3.48. The molecule has 0 unspecified atom stereocenters. The van der Waals surface area contributed by atoms with Gasteiger partial charge in [0.25, 0.3) is 0 Å². The van der Waals surface area contributed by atoms with Crippen molar-refractivity contribution < 1.29 is 8.42 Å². The molecular formula is C16H15N5O2S. The third-order valence-electron chi connectivity index (χ3n) is 4.55. The standard InChI is InChI=1S/C16H15N5O2S/c17-4-8-24(22,23)21-7-3-11(10-21)12-1-5-18-14-9-20-16-13(15(12)14)2-6-19-16/h1-2,5-6,9,11H,3,7-8,10H2,(H,19,20)/t11-/m1/s1. The zero-order valence-electron chi connectivity index (χ0n) is 12.8. The van der Waals surface area contributed by atoms with E-state index >= 15 is 0 Å². The topological polar surface area (TPSA) is 103 Å². The van der Waals surface area contributed by atoms with Crippen LogP contribution >= 0.6 is 0 Å². The van der Waals surface area contributed by atoms with E-state index in [9.17, 15) is 8.42 Å². The Morgan fingerprint density at radius 2 is 2.25 bits per heavy atom. The fraction of sp³-hybridized carbons (Fsp3) is 0.312. The van der Waals surface area contributed by atoms with E-state index < -0.39 is 15.8 Å². The lowest BCUT2D eigenvalue weighted by Gasteiger charge is -2.16. The number of nitrogens with zero attached hydrogens (tertiary/aromatic N) is 4. The maximum atomic E-state index is 12.1. The molecule has 0 saturated carbocycles. The minimum absolute atomic E-state index is 0.0875. The van der Waals surface area contributed by atoms with Gasteiger partial charge in [0.1, 0.15) is 5.65 Å². The van der Waals surface area contributed by atoms with Crippen LogP contribution in [0.1, 0.15) is 17.9 Å². The van der Waals surface area contributed by atoms with Gasteiger partial charge in [0, 0.05) is 36.3 Å². The Labute approximate surface area is 139 Å². The summed E-state index contributed by atoms with van der Waals surface area (Å²) in [5.74, 6) is -0.382. The number of pyridine rings is 2. The molecule has 8 heteroatoms. The molecule has 1 aliphatic rings. The first kappa shape index (κ1) is 15.1. The quantitative estimate of drug-likeness (QED) is 0.782. The largest absolute Gasteiger partial charge is 0.346 e. The van der Waals surface area contributed by atoms with Gasteiger partial charge >= 0.3 is 0 Å². The lowest BCUT2D eigenvalue weighted by atomic mass is 9.94. The third kappa shape index (κ3) is 2.33. The van der Waals surface area contributed by atoms with E-state index in [-0.39, 0.29) is 5.92 Å². The van der Waals surface area contributed by atoms with Crippen LogP contribution in [0.3, 0.4) is 0 Å². The van der Waals surface area contributed by atoms with Gasteiger partial charge in [-0.15, -0.1) is 0 Å². The van der Waals surface area contributed by atoms with Gasteiger partial charge in [-0.1, -0.05) is 0 Å². The molecule has 0 spiro atoms. The number of hydrogen-bond donors (Lipinski definition) is 1. The first-order valence-corrected chi connectivity index (χ1v) is 9.26. The van der Waals surface area contributed by atoms with Gasteiger partial charge < -0.3 is 4.98 Å². The van der Waals surface area contributed by atoms with Gasteiger partial charge in [-0.3, -0.25) is 4.98 Å². The normalized spacial score (nSPS) is 19.0. The molecule has 1 N–H and O–H groups in total. The summed E-state index contributed by atoms with van der Waals surface area (Å²) in [5.41, 5.74) is 2.68. The van der Waals surface area contributed by atoms with Crippen molar-refractivity contribution in [2.75, 3.05) is 18.8 Å². The van der Waals surface area contributed by atoms with Crippen LogP contribution in [0.4, 0.5) is 0 Å². The number of sulfonamides is 1. The van der Waals surface area contributed by atoms with E-state index in [0.29, 0.717) is 13.1 Å². The van der Waals surface area contributed by atoms with Crippen LogP contribution in [0.25, 0.3) is 21.9 Å². The smallest absolute Gasteiger partial charge is 0.227 e. The van der Waals surface area contributed by atoms with Crippen LogP contribution in [0.15, 0.2) is 30.7 Å². The average molecular weight is 341 g/mol. The first-order valence-electron chi connectivity index (χ1n) is 7.65. The molecule has 0 radical (unpaired) electrons. The molecular weight excluding hydrogens is 326 g/mol. The molecule has 0 amide bonds. The van der Waals surface area contributed by atoms with Crippen LogP contribution in [0.5, 0.6) is 0 Å². The predicted molar refractivity (Wildman–Crippen MR) is 89.7 cm³/mol. The van der Waals surface area contributed by atoms with Crippen molar-refractivity contribution in [2.45, 2.75) is 12.3 Å². The number of aromatic amines is 1. The Balaban J connectivity index is 1.78. The number of hydrogen-bond acceptors (Lipinski definition) is 5. The van der Waals surface area contributed by atoms with Gasteiger partial charge in [0.15, 0.2) is 5.75 Å². The first-order chi connectivity index (χ1) is 11.6. The number of rotatable bonds is 3. The number of nitrogens with one attached hydrogen (secondary N) is 1. The molecule has 24 heavy (non-hydrogen) atoms. The van der Waals surface area contributed by atoms with Crippen LogP contribution in [-0.2, 0) is 10.0 Å². The van der Waals surface area contributed by atoms with Gasteiger partial charge in [0.05, 0.1) is 17.8 Å². The highest BCUT2D eigenvalue weighted by Crippen LogP contribution is 2.35. The van der Waals surface area contributed by atoms with Crippen LogP contribution < -0.4 is 0 Å². The molecule has 1 aliphatic heterocycles. The molecule has 4 heterocycles. The fourth-order valence-corrected chi connectivity index (χ4v) is 4.56. The molecule has 122 valence electrons. The second-order valence-electron chi connectivity index (χ2n) is 5.92. The zero-order chi connectivity index (χ0) is 16.7. The summed E-state index contributed by atoms with van der Waals surface area (Å²) in [6.07, 6.45) is 6.05. The summed E-state index contributed by atoms with van der Waals surface area (Å²) >= 11 is 0. The summed E-state index contributed by atoms with van der Waals surface area (Å²) < 4.78 is 25.7. The molecule has 7 nitrogen and oxygen atoms in total. The van der Waals surface area contributed by atoms with Crippen molar-refractivity contribution in [1.82, 2.24) is 19.3 Å². The Bertz CT molecular complexity index is 1070. The van der Waals surface area contributed by atoms with Crippen molar-refractivity contribution in [1.29, 1.82) is 5.26 Å². The van der Waals surface area contributed by atoms with E-state index in [1.807, 2.05) is 18.3 Å². The summed E-state index contributed by atoms with van der Waals surface area (Å²) in [4.78, 5) is 11.8. The molecule has 1 saturated heterocycles. The lowest BCUT2D eigenvalue weighted by Crippen LogP contribution is -2.30. The van der Waals surface area contributed by atoms with Crippen molar-refractivity contribution >= 4 is 32.0 Å². The maximum Gasteiger partial charge on any atom is 0.227 e. The van der Waals surface area contributed by atoms with Crippen molar-refractivity contribution in [3.63, 3.8) is 0 Å². The average Bonchev–Trinajstić information content (AvgIpc) is 3.23. The molecule has 1 fully saturated rings. The summed E-state index contributed by atoms with van der Waals surface area (Å²) in [6, 6.07) is 5.66. The van der Waals surface area contributed by atoms with Crippen LogP contribution in [0.2, 0.25) is 0 Å². The van der Waals surface area contributed by atoms with Crippen LogP contribution in [0, 0.1) is 11.3 Å². The van der Waals surface area contributed by atoms with Gasteiger partial charge in [-0.2, -0.15) is 5.26 Å². The van der Waals surface area contributed by atoms with Crippen molar-refractivity contribution in [2.24, 2.45) is 0 Å². The highest BCUT2D eigenvalue weighted by atomic mass is 32.2. The zero-order valence-corrected chi connectivity index (χ0v) is 13.6. The molecule has 0 bridgehead atoms. The lowest BCUT2D eigenvalue weighted by molar-refractivity contribution is 0.476. The number of fused-ring (bicyclic) bond motifs is 3. The molecule has 1 atom stereocenters. The van der Waals surface area contributed by atoms with Crippen molar-refractivity contribution in [3.8, 4) is 6.07 Å². The van der Waals surface area contributed by atoms with Gasteiger partial charge in [0.2, 0.25) is 10.0 Å². The highest BCUT2D eigenvalue weighted by molar-refractivity contribution is 7.89. The monoisotopic (exact) mass is 341 g/mol. The fourth-order valence-electron chi connectivity index (χ4n) is 3.43. The predicted octanol–water partition coefficient (Wildman–Crippen LogP) is 1.75. The van der Waals surface area contributed by atoms with Crippen LogP contribution in [-0.4, -0.2) is 46.5 Å². The Hall–Kier alpha value is -2.50. The second-order valence-corrected chi connectivity index (χ2v) is 7.89. The molecule has 4 rings (SSSR count). The van der Waals surface area contributed by atoms with Crippen molar-refractivity contribution in [3.05, 3.63) is 36.3 Å². The number of aromatic nitrogens is 3. The second kappa shape index (κ2) is 5.54. The third-order valence-corrected chi connectivity index (χ3v) is 6.17. The van der Waals surface area contributed by atoms with E-state index in [2.05, 4.69) is 15.0 Å². The minimum atomic E-state index is -3.50. The number of H-pyrrole nitrogens is 1. The molecule has 0 aromatic carbocycles. The van der Waals surface area contributed by atoms with E-state index in [1.54, 1.807) is 18.5 Å². The Morgan fingerprint density at radius 1 is 1.38 bits per heavy atom. The van der Waals surface area contributed by atoms with Gasteiger partial charge in [-0.05, 0) is 30.0 Å². The molecule has 3 aromatic heterocycles.